The van der Waals surface area contributed by atoms with Crippen molar-refractivity contribution in [1.29, 1.82) is 0 Å². The molecule has 10 heteroatoms. The predicted molar refractivity (Wildman–Crippen MR) is 412 cm³/mol. The fourth-order valence-electron chi connectivity index (χ4n) is 12.7. The fourth-order valence-corrected chi connectivity index (χ4v) is 12.7. The summed E-state index contributed by atoms with van der Waals surface area (Å²) in [5, 5.41) is 0. The van der Waals surface area contributed by atoms with Crippen LogP contribution in [0.1, 0.15) is 0 Å². The van der Waals surface area contributed by atoms with Gasteiger partial charge in [-0.2, -0.15) is 0 Å². The molecule has 0 amide bonds. The lowest BCUT2D eigenvalue weighted by molar-refractivity contribution is 0.414. The molecule has 0 radical (unpaired) electrons. The molecule has 0 bridgehead atoms. The van der Waals surface area contributed by atoms with E-state index < -0.39 is 0 Å². The predicted octanol–water partition coefficient (Wildman–Crippen LogP) is 24.0. The summed E-state index contributed by atoms with van der Waals surface area (Å²) in [4.78, 5) is 9.09. The minimum Gasteiger partial charge on any atom is -0.497 e. The Morgan fingerprint density at radius 2 is 0.200 bits per heavy atom. The molecule has 0 atom stereocenters. The maximum Gasteiger partial charge on any atom is 0.119 e. The Balaban J connectivity index is 0.700. The smallest absolute Gasteiger partial charge is 0.119 e. The van der Waals surface area contributed by atoms with Crippen molar-refractivity contribution in [3.05, 3.63) is 340 Å². The lowest BCUT2D eigenvalue weighted by atomic mass is 10.0. The zero-order valence-corrected chi connectivity index (χ0v) is 56.6. The third kappa shape index (κ3) is 14.0. The van der Waals surface area contributed by atoms with Gasteiger partial charge in [-0.15, -0.1) is 0 Å². The van der Waals surface area contributed by atoms with Crippen LogP contribution in [-0.4, -0.2) is 42.7 Å². The van der Waals surface area contributed by atoms with Crippen molar-refractivity contribution in [2.45, 2.75) is 0 Å². The summed E-state index contributed by atoms with van der Waals surface area (Å²) in [6.07, 6.45) is 0. The van der Waals surface area contributed by atoms with E-state index in [1.165, 1.54) is 0 Å². The molecule has 0 unspecified atom stereocenters. The maximum absolute atomic E-state index is 5.61. The second-order valence-corrected chi connectivity index (χ2v) is 24.0. The molecule has 0 aliphatic carbocycles. The first-order chi connectivity index (χ1) is 49.2. The molecule has 0 fully saturated rings. The minimum absolute atomic E-state index is 0.793. The molecular weight excluding hydrogens is 1230 g/mol. The number of rotatable bonds is 23. The van der Waals surface area contributed by atoms with Crippen LogP contribution in [0.15, 0.2) is 340 Å². The Bertz CT molecular complexity index is 4640. The molecule has 100 heavy (non-hydrogen) atoms. The topological polar surface area (TPSA) is 68.3 Å². The lowest BCUT2D eigenvalue weighted by Gasteiger charge is -2.27. The molecule has 0 N–H and O–H groups in total. The Kier molecular flexibility index (Phi) is 19.1. The molecule has 0 aliphatic rings. The molecule has 490 valence electrons. The normalized spacial score (nSPS) is 10.9. The first kappa shape index (κ1) is 64.4. The van der Waals surface area contributed by atoms with Crippen LogP contribution in [-0.2, 0) is 0 Å². The van der Waals surface area contributed by atoms with Crippen LogP contribution >= 0.6 is 0 Å². The number of anilines is 12. The molecule has 0 saturated carbocycles. The number of hydrogen-bond acceptors (Lipinski definition) is 10. The summed E-state index contributed by atoms with van der Waals surface area (Å²) in [6.45, 7) is 0. The van der Waals surface area contributed by atoms with Gasteiger partial charge in [-0.25, -0.2) is 0 Å². The molecule has 10 nitrogen and oxygen atoms in total. The molecule has 14 aromatic rings. The molecular formula is C90H74N4O6. The van der Waals surface area contributed by atoms with E-state index in [1.807, 2.05) is 72.8 Å². The quantitative estimate of drug-likeness (QED) is 0.0619. The van der Waals surface area contributed by atoms with E-state index in [1.54, 1.807) is 42.7 Å². The third-order valence-electron chi connectivity index (χ3n) is 18.2. The van der Waals surface area contributed by atoms with Gasteiger partial charge in [-0.05, 0) is 274 Å². The number of ether oxygens (including phenoxy) is 6. The summed E-state index contributed by atoms with van der Waals surface area (Å²) in [5.41, 5.74) is 23.4. The first-order valence-corrected chi connectivity index (χ1v) is 33.1. The van der Waals surface area contributed by atoms with Crippen molar-refractivity contribution in [3.8, 4) is 90.1 Å². The van der Waals surface area contributed by atoms with Gasteiger partial charge in [0.2, 0.25) is 0 Å². The molecule has 14 aromatic carbocycles. The van der Waals surface area contributed by atoms with Gasteiger partial charge < -0.3 is 48.0 Å². The number of hydrogen-bond donors (Lipinski definition) is 0. The molecule has 0 saturated heterocycles. The summed E-state index contributed by atoms with van der Waals surface area (Å²) in [7, 11) is 10.1. The van der Waals surface area contributed by atoms with E-state index in [0.29, 0.717) is 0 Å². The van der Waals surface area contributed by atoms with E-state index in [9.17, 15) is 0 Å². The van der Waals surface area contributed by atoms with E-state index in [-0.39, 0.29) is 0 Å². The Hall–Kier alpha value is -12.9. The molecule has 0 aliphatic heterocycles. The van der Waals surface area contributed by atoms with Crippen molar-refractivity contribution < 1.29 is 28.4 Å². The van der Waals surface area contributed by atoms with E-state index in [0.717, 1.165) is 158 Å². The van der Waals surface area contributed by atoms with Crippen LogP contribution in [0.5, 0.6) is 34.5 Å². The molecule has 14 rings (SSSR count). The van der Waals surface area contributed by atoms with Crippen LogP contribution in [0.25, 0.3) is 55.6 Å². The largest absolute Gasteiger partial charge is 0.497 e. The highest BCUT2D eigenvalue weighted by Crippen LogP contribution is 2.44. The highest BCUT2D eigenvalue weighted by molar-refractivity contribution is 5.86. The summed E-state index contributed by atoms with van der Waals surface area (Å²) >= 11 is 0. The highest BCUT2D eigenvalue weighted by atomic mass is 16.5. The summed E-state index contributed by atoms with van der Waals surface area (Å²) in [5.74, 6) is 4.85. The Morgan fingerprint density at radius 3 is 0.300 bits per heavy atom. The van der Waals surface area contributed by atoms with Gasteiger partial charge in [0.05, 0.1) is 42.7 Å². The van der Waals surface area contributed by atoms with E-state index in [4.69, 9.17) is 28.4 Å². The van der Waals surface area contributed by atoms with Gasteiger partial charge in [-0.1, -0.05) is 121 Å². The van der Waals surface area contributed by atoms with Crippen molar-refractivity contribution >= 4 is 68.2 Å². The minimum atomic E-state index is 0.793. The van der Waals surface area contributed by atoms with Crippen LogP contribution in [0.3, 0.4) is 0 Å². The summed E-state index contributed by atoms with van der Waals surface area (Å²) in [6, 6.07) is 119. The second-order valence-electron chi connectivity index (χ2n) is 24.0. The molecule has 0 aromatic heterocycles. The molecule has 0 heterocycles. The van der Waals surface area contributed by atoms with Crippen LogP contribution in [0, 0.1) is 0 Å². The number of nitrogens with zero attached hydrogens (tertiary/aromatic N) is 4. The van der Waals surface area contributed by atoms with Crippen molar-refractivity contribution in [1.82, 2.24) is 0 Å². The maximum atomic E-state index is 5.61. The average Bonchev–Trinajstić information content (AvgIpc) is 0.810. The van der Waals surface area contributed by atoms with E-state index in [2.05, 4.69) is 287 Å². The standard InChI is InChI=1S/C90H74N4O6/c1-95-85-51-23-71(24-52-85)69-19-39-79(40-20-69)93(83-47-59-89(99-5)60-48-83)77-35-15-67(16-36-77)65-11-31-75(32-12-65)91(81-43-55-87(97-3)56-44-81)73-27-7-63(8-28-73)64-9-29-74(30-10-64)92(82-45-57-88(98-4)58-46-82)76-33-13-66(14-34-76)68-17-37-78(38-18-68)94(84-49-61-90(100-6)62-50-84)80-41-21-70(22-42-80)72-25-53-86(96-2)54-26-72/h7-62H,1-6H3. The van der Waals surface area contributed by atoms with Gasteiger partial charge >= 0.3 is 0 Å². The monoisotopic (exact) mass is 1310 g/mol. The average molecular weight is 1310 g/mol. The molecule has 0 spiro atoms. The van der Waals surface area contributed by atoms with Gasteiger partial charge in [0.15, 0.2) is 0 Å². The van der Waals surface area contributed by atoms with Crippen molar-refractivity contribution in [3.63, 3.8) is 0 Å². The first-order valence-electron chi connectivity index (χ1n) is 33.1. The SMILES string of the molecule is COc1ccc(-c2ccc(N(c3ccc(OC)cc3)c3ccc(-c4ccc(N(c5ccc(OC)cc5)c5ccc(-c6ccc(N(c7ccc(OC)cc7)c7ccc(-c8ccc(N(c9ccc(OC)cc9)c9ccc(-c%10ccc(OC)cc%10)cc9)cc8)cc7)cc6)cc5)cc4)cc3)cc2)cc1. The van der Waals surface area contributed by atoms with Gasteiger partial charge in [0.25, 0.3) is 0 Å². The van der Waals surface area contributed by atoms with Gasteiger partial charge in [0.1, 0.15) is 34.5 Å². The van der Waals surface area contributed by atoms with Crippen molar-refractivity contribution in [2.24, 2.45) is 0 Å². The van der Waals surface area contributed by atoms with E-state index >= 15 is 0 Å². The fraction of sp³-hybridized carbons (Fsp3) is 0.0667. The summed E-state index contributed by atoms with van der Waals surface area (Å²) < 4.78 is 33.1. The van der Waals surface area contributed by atoms with Crippen molar-refractivity contribution in [2.75, 3.05) is 62.3 Å². The Labute approximate surface area is 585 Å². The number of methoxy groups -OCH3 is 6. The zero-order valence-electron chi connectivity index (χ0n) is 56.6. The third-order valence-corrected chi connectivity index (χ3v) is 18.2. The van der Waals surface area contributed by atoms with Crippen LogP contribution in [0.2, 0.25) is 0 Å². The van der Waals surface area contributed by atoms with Crippen LogP contribution in [0.4, 0.5) is 68.2 Å². The lowest BCUT2D eigenvalue weighted by Crippen LogP contribution is -2.10. The van der Waals surface area contributed by atoms with Gasteiger partial charge in [0, 0.05) is 68.2 Å². The Morgan fingerprint density at radius 1 is 0.120 bits per heavy atom. The highest BCUT2D eigenvalue weighted by Gasteiger charge is 2.20. The van der Waals surface area contributed by atoms with Gasteiger partial charge in [-0.3, -0.25) is 0 Å². The second kappa shape index (κ2) is 29.6. The number of benzene rings is 14. The van der Waals surface area contributed by atoms with Crippen LogP contribution < -0.4 is 48.0 Å². The zero-order chi connectivity index (χ0) is 68.3.